The Hall–Kier alpha value is -2.11. The number of methoxy groups -OCH3 is 1. The summed E-state index contributed by atoms with van der Waals surface area (Å²) in [5, 5.41) is 6.53. The Labute approximate surface area is 190 Å². The molecule has 1 aliphatic rings. The third-order valence-corrected chi connectivity index (χ3v) is 6.58. The number of likely N-dealkylation sites (N-methyl/N-ethyl adjacent to an activating group) is 1. The quantitative estimate of drug-likeness (QED) is 0.541. The molecule has 0 saturated carbocycles. The Morgan fingerprint density at radius 1 is 1.13 bits per heavy atom. The van der Waals surface area contributed by atoms with Crippen LogP contribution in [0, 0.1) is 0 Å². The summed E-state index contributed by atoms with van der Waals surface area (Å²) < 4.78 is 11.1. The van der Waals surface area contributed by atoms with Crippen molar-refractivity contribution in [3.63, 3.8) is 0 Å². The van der Waals surface area contributed by atoms with Crippen LogP contribution in [0.15, 0.2) is 60.7 Å². The molecule has 0 bridgehead atoms. The summed E-state index contributed by atoms with van der Waals surface area (Å²) >= 11 is 6.49. The molecule has 5 heteroatoms. The molecule has 1 aliphatic heterocycles. The standard InChI is InChI=1S/C26H31ClN2O2/c1-29(17-20-6-4-3-5-7-20)24(23-18-31-15-14-28-23)12-9-19-8-11-22-21(16-19)10-13-25(30-2)26(22)27/h3-8,10-11,13,16,23-24,28H,9,12,14-15,17-18H2,1-2H3. The Balaban J connectivity index is 1.50. The normalized spacial score (nSPS) is 17.7. The summed E-state index contributed by atoms with van der Waals surface area (Å²) in [4.78, 5) is 2.46. The van der Waals surface area contributed by atoms with Gasteiger partial charge in [-0.25, -0.2) is 0 Å². The molecule has 1 fully saturated rings. The van der Waals surface area contributed by atoms with Gasteiger partial charge in [-0.1, -0.05) is 66.2 Å². The fourth-order valence-electron chi connectivity index (χ4n) is 4.50. The lowest BCUT2D eigenvalue weighted by Crippen LogP contribution is -2.54. The molecule has 2 atom stereocenters. The lowest BCUT2D eigenvalue weighted by atomic mass is 9.96. The zero-order chi connectivity index (χ0) is 21.6. The summed E-state index contributed by atoms with van der Waals surface area (Å²) in [6, 6.07) is 22.0. The summed E-state index contributed by atoms with van der Waals surface area (Å²) in [7, 11) is 3.87. The van der Waals surface area contributed by atoms with Gasteiger partial charge in [0.15, 0.2) is 0 Å². The first-order chi connectivity index (χ1) is 15.2. The van der Waals surface area contributed by atoms with Crippen molar-refractivity contribution in [2.75, 3.05) is 33.9 Å². The lowest BCUT2D eigenvalue weighted by Gasteiger charge is -2.37. The molecule has 0 amide bonds. The topological polar surface area (TPSA) is 33.7 Å². The number of ether oxygens (including phenoxy) is 2. The number of nitrogens with one attached hydrogen (secondary N) is 1. The minimum atomic E-state index is 0.335. The minimum absolute atomic E-state index is 0.335. The maximum absolute atomic E-state index is 6.49. The van der Waals surface area contributed by atoms with E-state index in [1.807, 2.05) is 6.07 Å². The van der Waals surface area contributed by atoms with Gasteiger partial charge in [0.1, 0.15) is 5.75 Å². The van der Waals surface area contributed by atoms with Crippen LogP contribution in [0.4, 0.5) is 0 Å². The van der Waals surface area contributed by atoms with Crippen LogP contribution in [-0.2, 0) is 17.7 Å². The summed E-state index contributed by atoms with van der Waals surface area (Å²) in [6.07, 6.45) is 2.06. The van der Waals surface area contributed by atoms with Gasteiger partial charge in [0, 0.05) is 30.6 Å². The third kappa shape index (κ3) is 5.39. The van der Waals surface area contributed by atoms with Gasteiger partial charge in [-0.3, -0.25) is 4.90 Å². The predicted molar refractivity (Wildman–Crippen MR) is 128 cm³/mol. The fourth-order valence-corrected chi connectivity index (χ4v) is 4.81. The first-order valence-corrected chi connectivity index (χ1v) is 11.3. The molecule has 31 heavy (non-hydrogen) atoms. The number of hydrogen-bond acceptors (Lipinski definition) is 4. The van der Waals surface area contributed by atoms with Crippen molar-refractivity contribution < 1.29 is 9.47 Å². The van der Waals surface area contributed by atoms with Crippen molar-refractivity contribution in [1.82, 2.24) is 10.2 Å². The van der Waals surface area contributed by atoms with Gasteiger partial charge in [-0.2, -0.15) is 0 Å². The van der Waals surface area contributed by atoms with Crippen LogP contribution in [0.5, 0.6) is 5.75 Å². The molecule has 1 N–H and O–H groups in total. The summed E-state index contributed by atoms with van der Waals surface area (Å²) in [5.41, 5.74) is 2.66. The van der Waals surface area contributed by atoms with Crippen molar-refractivity contribution in [2.45, 2.75) is 31.5 Å². The molecule has 0 spiro atoms. The minimum Gasteiger partial charge on any atom is -0.495 e. The van der Waals surface area contributed by atoms with Gasteiger partial charge in [0.2, 0.25) is 0 Å². The number of halogens is 1. The highest BCUT2D eigenvalue weighted by Gasteiger charge is 2.27. The van der Waals surface area contributed by atoms with Crippen molar-refractivity contribution in [3.8, 4) is 5.75 Å². The number of morpholine rings is 1. The summed E-state index contributed by atoms with van der Waals surface area (Å²) in [6.45, 7) is 3.39. The van der Waals surface area contributed by atoms with E-state index >= 15 is 0 Å². The van der Waals surface area contributed by atoms with Gasteiger partial charge in [-0.15, -0.1) is 0 Å². The first-order valence-electron chi connectivity index (χ1n) is 11.0. The zero-order valence-electron chi connectivity index (χ0n) is 18.3. The number of aryl methyl sites for hydroxylation is 1. The second-order valence-electron chi connectivity index (χ2n) is 8.28. The van der Waals surface area contributed by atoms with Gasteiger partial charge >= 0.3 is 0 Å². The monoisotopic (exact) mass is 438 g/mol. The molecule has 4 rings (SSSR count). The Bertz CT molecular complexity index is 989. The maximum Gasteiger partial charge on any atom is 0.138 e. The SMILES string of the molecule is COc1ccc2cc(CCC(C3COCCN3)N(C)Cc3ccccc3)ccc2c1Cl. The van der Waals surface area contributed by atoms with Crippen LogP contribution in [0.2, 0.25) is 5.02 Å². The Morgan fingerprint density at radius 3 is 2.71 bits per heavy atom. The average molecular weight is 439 g/mol. The van der Waals surface area contributed by atoms with E-state index in [-0.39, 0.29) is 0 Å². The van der Waals surface area contributed by atoms with E-state index in [2.05, 4.69) is 71.9 Å². The van der Waals surface area contributed by atoms with E-state index in [9.17, 15) is 0 Å². The van der Waals surface area contributed by atoms with Gasteiger partial charge in [0.25, 0.3) is 0 Å². The highest BCUT2D eigenvalue weighted by atomic mass is 35.5. The largest absolute Gasteiger partial charge is 0.495 e. The molecule has 1 saturated heterocycles. The maximum atomic E-state index is 6.49. The number of fused-ring (bicyclic) bond motifs is 1. The van der Waals surface area contributed by atoms with Crippen LogP contribution in [0.25, 0.3) is 10.8 Å². The van der Waals surface area contributed by atoms with Gasteiger partial charge in [0.05, 0.1) is 25.3 Å². The molecule has 164 valence electrons. The molecular formula is C26H31ClN2O2. The van der Waals surface area contributed by atoms with E-state index in [1.165, 1.54) is 11.1 Å². The van der Waals surface area contributed by atoms with Crippen LogP contribution >= 0.6 is 11.6 Å². The van der Waals surface area contributed by atoms with E-state index < -0.39 is 0 Å². The van der Waals surface area contributed by atoms with Gasteiger partial charge in [-0.05, 0) is 42.5 Å². The summed E-state index contributed by atoms with van der Waals surface area (Å²) in [5.74, 6) is 0.716. The van der Waals surface area contributed by atoms with Gasteiger partial charge < -0.3 is 14.8 Å². The van der Waals surface area contributed by atoms with Crippen LogP contribution in [0.3, 0.4) is 0 Å². The van der Waals surface area contributed by atoms with Crippen molar-refractivity contribution in [3.05, 3.63) is 76.8 Å². The molecular weight excluding hydrogens is 408 g/mol. The second kappa shape index (κ2) is 10.5. The number of hydrogen-bond donors (Lipinski definition) is 1. The van der Waals surface area contributed by atoms with Crippen molar-refractivity contribution >= 4 is 22.4 Å². The molecule has 0 radical (unpaired) electrons. The zero-order valence-corrected chi connectivity index (χ0v) is 19.1. The van der Waals surface area contributed by atoms with Crippen LogP contribution < -0.4 is 10.1 Å². The molecule has 2 unspecified atom stereocenters. The van der Waals surface area contributed by atoms with Crippen LogP contribution in [-0.4, -0.2) is 50.9 Å². The van der Waals surface area contributed by atoms with Crippen molar-refractivity contribution in [2.24, 2.45) is 0 Å². The highest BCUT2D eigenvalue weighted by molar-refractivity contribution is 6.37. The van der Waals surface area contributed by atoms with E-state index in [0.717, 1.165) is 49.9 Å². The van der Waals surface area contributed by atoms with Crippen LogP contribution in [0.1, 0.15) is 17.5 Å². The number of benzene rings is 3. The molecule has 0 aromatic heterocycles. The smallest absolute Gasteiger partial charge is 0.138 e. The fraction of sp³-hybridized carbons (Fsp3) is 0.385. The molecule has 4 nitrogen and oxygen atoms in total. The lowest BCUT2D eigenvalue weighted by molar-refractivity contribution is 0.0371. The molecule has 0 aliphatic carbocycles. The molecule has 3 aromatic carbocycles. The predicted octanol–water partition coefficient (Wildman–Crippen LogP) is 4.92. The Kier molecular flexibility index (Phi) is 7.46. The third-order valence-electron chi connectivity index (χ3n) is 6.19. The highest BCUT2D eigenvalue weighted by Crippen LogP contribution is 2.33. The van der Waals surface area contributed by atoms with E-state index in [0.29, 0.717) is 22.9 Å². The van der Waals surface area contributed by atoms with E-state index in [1.54, 1.807) is 7.11 Å². The number of rotatable bonds is 8. The first kappa shape index (κ1) is 22.1. The molecule has 1 heterocycles. The average Bonchev–Trinajstić information content (AvgIpc) is 2.81. The van der Waals surface area contributed by atoms with Crippen molar-refractivity contribution in [1.29, 1.82) is 0 Å². The number of nitrogens with zero attached hydrogens (tertiary/aromatic N) is 1. The Morgan fingerprint density at radius 2 is 1.97 bits per heavy atom. The van der Waals surface area contributed by atoms with E-state index in [4.69, 9.17) is 21.1 Å². The second-order valence-corrected chi connectivity index (χ2v) is 8.66. The molecule has 3 aromatic rings.